The van der Waals surface area contributed by atoms with Crippen molar-refractivity contribution in [2.24, 2.45) is 5.92 Å². The monoisotopic (exact) mass is 282 g/mol. The minimum absolute atomic E-state index is 0.702. The molecular formula is C17H22N4. The Bertz CT molecular complexity index is 621. The molecule has 2 aliphatic heterocycles. The Labute approximate surface area is 125 Å². The molecule has 110 valence electrons. The average Bonchev–Trinajstić information content (AvgIpc) is 3.09. The van der Waals surface area contributed by atoms with Crippen LogP contribution in [0, 0.1) is 5.92 Å². The van der Waals surface area contributed by atoms with Gasteiger partial charge in [-0.2, -0.15) is 0 Å². The second-order valence-corrected chi connectivity index (χ2v) is 6.28. The molecule has 2 aliphatic rings. The fourth-order valence-electron chi connectivity index (χ4n) is 3.75. The third kappa shape index (κ3) is 2.60. The fraction of sp³-hybridized carbons (Fsp3) is 0.529. The van der Waals surface area contributed by atoms with Crippen molar-refractivity contribution in [3.63, 3.8) is 0 Å². The number of hydrogen-bond acceptors (Lipinski definition) is 4. The van der Waals surface area contributed by atoms with Gasteiger partial charge in [0.05, 0.1) is 5.52 Å². The van der Waals surface area contributed by atoms with Crippen molar-refractivity contribution < 1.29 is 0 Å². The number of rotatable bonds is 2. The van der Waals surface area contributed by atoms with E-state index in [1.807, 2.05) is 18.3 Å². The lowest BCUT2D eigenvalue weighted by molar-refractivity contribution is 0.327. The summed E-state index contributed by atoms with van der Waals surface area (Å²) in [7, 11) is 0. The molecule has 2 atom stereocenters. The number of nitrogens with one attached hydrogen (secondary N) is 1. The second kappa shape index (κ2) is 5.60. The molecule has 21 heavy (non-hydrogen) atoms. The molecule has 0 radical (unpaired) electrons. The van der Waals surface area contributed by atoms with E-state index in [1.165, 1.54) is 32.2 Å². The van der Waals surface area contributed by atoms with Crippen molar-refractivity contribution in [1.29, 1.82) is 0 Å². The van der Waals surface area contributed by atoms with Crippen molar-refractivity contribution >= 4 is 16.9 Å². The SMILES string of the molecule is c1ccc2nc(N3CCCC(C4CCCN4)C3)ncc2c1. The van der Waals surface area contributed by atoms with E-state index in [9.17, 15) is 0 Å². The summed E-state index contributed by atoms with van der Waals surface area (Å²) in [6.45, 7) is 3.37. The van der Waals surface area contributed by atoms with Crippen LogP contribution in [0.25, 0.3) is 10.9 Å². The Morgan fingerprint density at radius 1 is 1.14 bits per heavy atom. The predicted molar refractivity (Wildman–Crippen MR) is 85.5 cm³/mol. The summed E-state index contributed by atoms with van der Waals surface area (Å²) in [5, 5.41) is 4.78. The Hall–Kier alpha value is -1.68. The van der Waals surface area contributed by atoms with Gasteiger partial charge in [-0.25, -0.2) is 9.97 Å². The van der Waals surface area contributed by atoms with E-state index in [0.717, 1.165) is 35.9 Å². The molecule has 2 aromatic rings. The molecule has 2 fully saturated rings. The highest BCUT2D eigenvalue weighted by Crippen LogP contribution is 2.27. The predicted octanol–water partition coefficient (Wildman–Crippen LogP) is 2.60. The molecule has 4 heteroatoms. The molecule has 0 bridgehead atoms. The van der Waals surface area contributed by atoms with Crippen molar-refractivity contribution in [3.05, 3.63) is 30.5 Å². The van der Waals surface area contributed by atoms with Crippen LogP contribution < -0.4 is 10.2 Å². The van der Waals surface area contributed by atoms with Gasteiger partial charge in [0.25, 0.3) is 0 Å². The van der Waals surface area contributed by atoms with E-state index in [2.05, 4.69) is 27.3 Å². The molecular weight excluding hydrogens is 260 g/mol. The summed E-state index contributed by atoms with van der Waals surface area (Å²) in [5.74, 6) is 1.65. The van der Waals surface area contributed by atoms with Gasteiger partial charge in [0.15, 0.2) is 0 Å². The van der Waals surface area contributed by atoms with Crippen LogP contribution in [-0.4, -0.2) is 35.6 Å². The highest BCUT2D eigenvalue weighted by molar-refractivity contribution is 5.78. The van der Waals surface area contributed by atoms with Gasteiger partial charge in [0.1, 0.15) is 0 Å². The van der Waals surface area contributed by atoms with Gasteiger partial charge >= 0.3 is 0 Å². The fourth-order valence-corrected chi connectivity index (χ4v) is 3.75. The number of anilines is 1. The van der Waals surface area contributed by atoms with Gasteiger partial charge in [-0.05, 0) is 44.2 Å². The van der Waals surface area contributed by atoms with Crippen molar-refractivity contribution in [2.75, 3.05) is 24.5 Å². The van der Waals surface area contributed by atoms with E-state index in [0.29, 0.717) is 6.04 Å². The first-order chi connectivity index (χ1) is 10.4. The number of para-hydroxylation sites is 1. The highest BCUT2D eigenvalue weighted by atomic mass is 15.3. The third-order valence-electron chi connectivity index (χ3n) is 4.88. The van der Waals surface area contributed by atoms with Crippen LogP contribution in [-0.2, 0) is 0 Å². The first kappa shape index (κ1) is 13.0. The first-order valence-corrected chi connectivity index (χ1v) is 8.10. The van der Waals surface area contributed by atoms with Gasteiger partial charge in [-0.3, -0.25) is 0 Å². The van der Waals surface area contributed by atoms with E-state index in [1.54, 1.807) is 0 Å². The summed E-state index contributed by atoms with van der Waals surface area (Å²) in [4.78, 5) is 11.7. The van der Waals surface area contributed by atoms with Gasteiger partial charge < -0.3 is 10.2 Å². The summed E-state index contributed by atoms with van der Waals surface area (Å²) < 4.78 is 0. The third-order valence-corrected chi connectivity index (χ3v) is 4.88. The summed E-state index contributed by atoms with van der Waals surface area (Å²) in [5.41, 5.74) is 1.05. The van der Waals surface area contributed by atoms with Crippen molar-refractivity contribution in [1.82, 2.24) is 15.3 Å². The summed E-state index contributed by atoms with van der Waals surface area (Å²) in [6, 6.07) is 8.92. The highest BCUT2D eigenvalue weighted by Gasteiger charge is 2.29. The molecule has 2 unspecified atom stereocenters. The van der Waals surface area contributed by atoms with Crippen LogP contribution >= 0.6 is 0 Å². The molecule has 3 heterocycles. The van der Waals surface area contributed by atoms with Crippen LogP contribution in [0.2, 0.25) is 0 Å². The molecule has 1 N–H and O–H groups in total. The number of nitrogens with zero attached hydrogens (tertiary/aromatic N) is 3. The normalized spacial score (nSPS) is 26.4. The van der Waals surface area contributed by atoms with Gasteiger partial charge in [0.2, 0.25) is 5.95 Å². The van der Waals surface area contributed by atoms with Gasteiger partial charge in [-0.1, -0.05) is 18.2 Å². The number of aromatic nitrogens is 2. The van der Waals surface area contributed by atoms with Crippen LogP contribution in [0.4, 0.5) is 5.95 Å². The number of benzene rings is 1. The summed E-state index contributed by atoms with van der Waals surface area (Å²) >= 11 is 0. The Morgan fingerprint density at radius 3 is 3.00 bits per heavy atom. The maximum Gasteiger partial charge on any atom is 0.225 e. The average molecular weight is 282 g/mol. The maximum absolute atomic E-state index is 4.75. The number of fused-ring (bicyclic) bond motifs is 1. The standard InChI is InChI=1S/C17H22N4/c1-2-7-16-13(5-1)11-19-17(20-16)21-10-4-6-14(12-21)15-8-3-9-18-15/h1-2,5,7,11,14-15,18H,3-4,6,8-10,12H2. The molecule has 0 saturated carbocycles. The largest absolute Gasteiger partial charge is 0.340 e. The zero-order chi connectivity index (χ0) is 14.1. The number of hydrogen-bond donors (Lipinski definition) is 1. The Balaban J connectivity index is 1.56. The molecule has 2 saturated heterocycles. The molecule has 4 nitrogen and oxygen atoms in total. The van der Waals surface area contributed by atoms with E-state index >= 15 is 0 Å². The minimum Gasteiger partial charge on any atom is -0.340 e. The molecule has 0 spiro atoms. The van der Waals surface area contributed by atoms with Crippen LogP contribution in [0.1, 0.15) is 25.7 Å². The molecule has 0 amide bonds. The lowest BCUT2D eigenvalue weighted by Gasteiger charge is -2.35. The zero-order valence-corrected chi connectivity index (χ0v) is 12.3. The van der Waals surface area contributed by atoms with E-state index in [-0.39, 0.29) is 0 Å². The van der Waals surface area contributed by atoms with Crippen LogP contribution in [0.5, 0.6) is 0 Å². The smallest absolute Gasteiger partial charge is 0.225 e. The lowest BCUT2D eigenvalue weighted by Crippen LogP contribution is -2.44. The zero-order valence-electron chi connectivity index (χ0n) is 12.3. The first-order valence-electron chi connectivity index (χ1n) is 8.10. The summed E-state index contributed by atoms with van der Waals surface area (Å²) in [6.07, 6.45) is 7.20. The molecule has 1 aromatic heterocycles. The Morgan fingerprint density at radius 2 is 2.10 bits per heavy atom. The van der Waals surface area contributed by atoms with E-state index < -0.39 is 0 Å². The van der Waals surface area contributed by atoms with Crippen molar-refractivity contribution in [2.45, 2.75) is 31.7 Å². The quantitative estimate of drug-likeness (QED) is 0.919. The molecule has 1 aromatic carbocycles. The second-order valence-electron chi connectivity index (χ2n) is 6.28. The van der Waals surface area contributed by atoms with E-state index in [4.69, 9.17) is 4.98 Å². The minimum atomic E-state index is 0.702. The van der Waals surface area contributed by atoms with Crippen LogP contribution in [0.15, 0.2) is 30.5 Å². The van der Waals surface area contributed by atoms with Gasteiger partial charge in [0, 0.05) is 30.7 Å². The maximum atomic E-state index is 4.75. The van der Waals surface area contributed by atoms with Crippen molar-refractivity contribution in [3.8, 4) is 0 Å². The molecule has 0 aliphatic carbocycles. The topological polar surface area (TPSA) is 41.1 Å². The molecule has 4 rings (SSSR count). The Kier molecular flexibility index (Phi) is 3.47. The lowest BCUT2D eigenvalue weighted by atomic mass is 9.90. The van der Waals surface area contributed by atoms with Gasteiger partial charge in [-0.15, -0.1) is 0 Å². The van der Waals surface area contributed by atoms with Crippen LogP contribution in [0.3, 0.4) is 0 Å². The number of piperidine rings is 1.